The lowest BCUT2D eigenvalue weighted by Gasteiger charge is -2.29. The molecule has 1 rings (SSSR count). The lowest BCUT2D eigenvalue weighted by molar-refractivity contribution is -0.140. The van der Waals surface area contributed by atoms with Gasteiger partial charge in [0.1, 0.15) is 0 Å². The molecule has 0 N–H and O–H groups in total. The van der Waals surface area contributed by atoms with E-state index in [1.54, 1.807) is 6.92 Å². The Hall–Kier alpha value is -0.930. The van der Waals surface area contributed by atoms with E-state index in [0.717, 1.165) is 19.3 Å². The minimum Gasteiger partial charge on any atom is -0.462 e. The molecule has 0 spiro atoms. The van der Waals surface area contributed by atoms with E-state index < -0.39 is 17.8 Å². The molecule has 104 valence electrons. The SMILES string of the molecule is C=C(C)C(=O)OCCCC(F)(F)C1CCCCC1. The smallest absolute Gasteiger partial charge is 0.333 e. The van der Waals surface area contributed by atoms with Crippen LogP contribution in [0.1, 0.15) is 51.9 Å². The van der Waals surface area contributed by atoms with Crippen LogP contribution in [0.5, 0.6) is 0 Å². The molecule has 2 nitrogen and oxygen atoms in total. The minimum absolute atomic E-state index is 0.0496. The van der Waals surface area contributed by atoms with Gasteiger partial charge in [0.15, 0.2) is 0 Å². The fourth-order valence-corrected chi connectivity index (χ4v) is 2.32. The number of alkyl halides is 2. The van der Waals surface area contributed by atoms with E-state index in [0.29, 0.717) is 18.4 Å². The second-order valence-corrected chi connectivity index (χ2v) is 5.12. The Morgan fingerprint density at radius 1 is 1.33 bits per heavy atom. The van der Waals surface area contributed by atoms with Crippen molar-refractivity contribution in [2.45, 2.75) is 57.8 Å². The van der Waals surface area contributed by atoms with Crippen molar-refractivity contribution in [3.8, 4) is 0 Å². The molecule has 4 heteroatoms. The topological polar surface area (TPSA) is 26.3 Å². The molecule has 0 aromatic carbocycles. The Bertz CT molecular complexity index is 294. The van der Waals surface area contributed by atoms with Gasteiger partial charge >= 0.3 is 5.97 Å². The molecule has 1 aliphatic rings. The van der Waals surface area contributed by atoms with E-state index in [-0.39, 0.29) is 19.4 Å². The van der Waals surface area contributed by atoms with Crippen molar-refractivity contribution < 1.29 is 18.3 Å². The quantitative estimate of drug-likeness (QED) is 0.408. The zero-order chi connectivity index (χ0) is 13.6. The van der Waals surface area contributed by atoms with E-state index in [4.69, 9.17) is 4.74 Å². The predicted molar refractivity (Wildman–Crippen MR) is 66.5 cm³/mol. The molecule has 0 atom stereocenters. The summed E-state index contributed by atoms with van der Waals surface area (Å²) in [5, 5.41) is 0. The van der Waals surface area contributed by atoms with Crippen LogP contribution in [-0.2, 0) is 9.53 Å². The molecular formula is C14H22F2O2. The molecular weight excluding hydrogens is 238 g/mol. The van der Waals surface area contributed by atoms with E-state index in [1.807, 2.05) is 0 Å². The van der Waals surface area contributed by atoms with Crippen molar-refractivity contribution in [2.24, 2.45) is 5.92 Å². The fraction of sp³-hybridized carbons (Fsp3) is 0.786. The predicted octanol–water partition coefficient (Wildman–Crippen LogP) is 4.10. The van der Waals surface area contributed by atoms with Crippen molar-refractivity contribution >= 4 is 5.97 Å². The highest BCUT2D eigenvalue weighted by molar-refractivity contribution is 5.86. The highest BCUT2D eigenvalue weighted by Gasteiger charge is 2.38. The van der Waals surface area contributed by atoms with Gasteiger partial charge in [-0.05, 0) is 26.2 Å². The molecule has 0 aliphatic heterocycles. The Morgan fingerprint density at radius 3 is 2.50 bits per heavy atom. The lowest BCUT2D eigenvalue weighted by atomic mass is 9.83. The molecule has 1 aliphatic carbocycles. The Morgan fingerprint density at radius 2 is 1.94 bits per heavy atom. The van der Waals surface area contributed by atoms with Gasteiger partial charge in [-0.2, -0.15) is 0 Å². The first-order valence-corrected chi connectivity index (χ1v) is 6.64. The monoisotopic (exact) mass is 260 g/mol. The van der Waals surface area contributed by atoms with Crippen molar-refractivity contribution in [1.82, 2.24) is 0 Å². The number of halogens is 2. The van der Waals surface area contributed by atoms with Crippen LogP contribution in [0.15, 0.2) is 12.2 Å². The minimum atomic E-state index is -2.62. The molecule has 0 aromatic heterocycles. The number of hydrogen-bond donors (Lipinski definition) is 0. The molecule has 0 bridgehead atoms. The van der Waals surface area contributed by atoms with Crippen LogP contribution in [-0.4, -0.2) is 18.5 Å². The number of ether oxygens (including phenoxy) is 1. The van der Waals surface area contributed by atoms with Gasteiger partial charge in [0.2, 0.25) is 0 Å². The fourth-order valence-electron chi connectivity index (χ4n) is 2.32. The average Bonchev–Trinajstić information content (AvgIpc) is 2.35. The summed E-state index contributed by atoms with van der Waals surface area (Å²) in [5.74, 6) is -3.60. The van der Waals surface area contributed by atoms with Gasteiger partial charge in [-0.15, -0.1) is 0 Å². The van der Waals surface area contributed by atoms with Gasteiger partial charge in [-0.3, -0.25) is 0 Å². The summed E-state index contributed by atoms with van der Waals surface area (Å²) in [6.45, 7) is 5.02. The van der Waals surface area contributed by atoms with Gasteiger partial charge in [0, 0.05) is 17.9 Å². The normalized spacial score (nSPS) is 17.5. The van der Waals surface area contributed by atoms with Gasteiger partial charge in [-0.1, -0.05) is 25.8 Å². The van der Waals surface area contributed by atoms with Crippen LogP contribution >= 0.6 is 0 Å². The zero-order valence-electron chi connectivity index (χ0n) is 11.0. The zero-order valence-corrected chi connectivity index (χ0v) is 11.0. The largest absolute Gasteiger partial charge is 0.462 e. The molecule has 0 amide bonds. The Labute approximate surface area is 107 Å². The lowest BCUT2D eigenvalue weighted by Crippen LogP contribution is -2.30. The summed E-state index contributed by atoms with van der Waals surface area (Å²) in [7, 11) is 0. The molecule has 1 saturated carbocycles. The molecule has 0 radical (unpaired) electrons. The number of carbonyl (C=O) groups excluding carboxylic acids is 1. The van der Waals surface area contributed by atoms with Crippen LogP contribution in [0.2, 0.25) is 0 Å². The van der Waals surface area contributed by atoms with E-state index >= 15 is 0 Å². The van der Waals surface area contributed by atoms with Gasteiger partial charge < -0.3 is 4.74 Å². The van der Waals surface area contributed by atoms with Crippen molar-refractivity contribution in [3.63, 3.8) is 0 Å². The summed E-state index contributed by atoms with van der Waals surface area (Å²) < 4.78 is 32.5. The first kappa shape index (κ1) is 15.1. The maximum absolute atomic E-state index is 13.8. The number of hydrogen-bond acceptors (Lipinski definition) is 2. The maximum atomic E-state index is 13.8. The van der Waals surface area contributed by atoms with Crippen LogP contribution in [0, 0.1) is 5.92 Å². The maximum Gasteiger partial charge on any atom is 0.333 e. The van der Waals surface area contributed by atoms with E-state index in [2.05, 4.69) is 6.58 Å². The highest BCUT2D eigenvalue weighted by Crippen LogP contribution is 2.39. The summed E-state index contributed by atoms with van der Waals surface area (Å²) in [6, 6.07) is 0. The second kappa shape index (κ2) is 6.86. The second-order valence-electron chi connectivity index (χ2n) is 5.12. The number of rotatable bonds is 6. The van der Waals surface area contributed by atoms with Gasteiger partial charge in [0.25, 0.3) is 5.92 Å². The van der Waals surface area contributed by atoms with Crippen LogP contribution in [0.25, 0.3) is 0 Å². The summed E-state index contributed by atoms with van der Waals surface area (Å²) in [6.07, 6.45) is 4.15. The average molecular weight is 260 g/mol. The van der Waals surface area contributed by atoms with Gasteiger partial charge in [0.05, 0.1) is 6.61 Å². The van der Waals surface area contributed by atoms with Crippen molar-refractivity contribution in [3.05, 3.63) is 12.2 Å². The molecule has 1 fully saturated rings. The van der Waals surface area contributed by atoms with Crippen molar-refractivity contribution in [2.75, 3.05) is 6.61 Å². The van der Waals surface area contributed by atoms with Gasteiger partial charge in [-0.25, -0.2) is 13.6 Å². The first-order valence-electron chi connectivity index (χ1n) is 6.64. The van der Waals surface area contributed by atoms with E-state index in [1.165, 1.54) is 0 Å². The standard InChI is InChI=1S/C14H22F2O2/c1-11(2)13(17)18-10-6-9-14(15,16)12-7-4-3-5-8-12/h12H,1,3-10H2,2H3. The molecule has 0 saturated heterocycles. The number of carbonyl (C=O) groups is 1. The third-order valence-electron chi connectivity index (χ3n) is 3.44. The molecule has 0 aromatic rings. The van der Waals surface area contributed by atoms with Crippen LogP contribution in [0.4, 0.5) is 8.78 Å². The van der Waals surface area contributed by atoms with Crippen molar-refractivity contribution in [1.29, 1.82) is 0 Å². The first-order chi connectivity index (χ1) is 8.43. The number of esters is 1. The molecule has 0 unspecified atom stereocenters. The Kier molecular flexibility index (Phi) is 5.76. The summed E-state index contributed by atoms with van der Waals surface area (Å²) in [5.41, 5.74) is 0.300. The third-order valence-corrected chi connectivity index (χ3v) is 3.44. The summed E-state index contributed by atoms with van der Waals surface area (Å²) in [4.78, 5) is 11.1. The Balaban J connectivity index is 2.24. The molecule has 0 heterocycles. The van der Waals surface area contributed by atoms with Crippen LogP contribution < -0.4 is 0 Å². The van der Waals surface area contributed by atoms with Crippen LogP contribution in [0.3, 0.4) is 0 Å². The summed E-state index contributed by atoms with van der Waals surface area (Å²) >= 11 is 0. The van der Waals surface area contributed by atoms with E-state index in [9.17, 15) is 13.6 Å². The highest BCUT2D eigenvalue weighted by atomic mass is 19.3. The molecule has 18 heavy (non-hydrogen) atoms. The third kappa shape index (κ3) is 4.75.